The number of hydrogen-bond donors (Lipinski definition) is 0. The summed E-state index contributed by atoms with van der Waals surface area (Å²) in [5.41, 5.74) is 0.954. The van der Waals surface area contributed by atoms with Crippen LogP contribution in [0, 0.1) is 6.92 Å². The van der Waals surface area contributed by atoms with Crippen LogP contribution in [0.25, 0.3) is 0 Å². The van der Waals surface area contributed by atoms with Crippen molar-refractivity contribution in [2.75, 3.05) is 19.7 Å². The van der Waals surface area contributed by atoms with Gasteiger partial charge in [0.2, 0.25) is 0 Å². The highest BCUT2D eigenvalue weighted by molar-refractivity contribution is 6.31. The molecule has 3 nitrogen and oxygen atoms in total. The summed E-state index contributed by atoms with van der Waals surface area (Å²) in [5, 5.41) is 0.710. The van der Waals surface area contributed by atoms with Gasteiger partial charge in [-0.2, -0.15) is 0 Å². The van der Waals surface area contributed by atoms with Crippen LogP contribution in [0.5, 0.6) is 5.75 Å². The Balaban J connectivity index is 1.89. The largest absolute Gasteiger partial charge is 0.484 e. The first kappa shape index (κ1) is 11.3. The number of amides is 1. The zero-order valence-corrected chi connectivity index (χ0v) is 9.96. The van der Waals surface area contributed by atoms with Gasteiger partial charge >= 0.3 is 0 Å². The highest BCUT2D eigenvalue weighted by atomic mass is 35.5. The molecule has 0 unspecified atom stereocenters. The van der Waals surface area contributed by atoms with Crippen LogP contribution in [0.4, 0.5) is 0 Å². The Kier molecular flexibility index (Phi) is 3.34. The molecule has 0 aromatic heterocycles. The van der Waals surface area contributed by atoms with Crippen LogP contribution in [0.1, 0.15) is 12.0 Å². The number of ether oxygens (including phenoxy) is 1. The number of benzene rings is 1. The Hall–Kier alpha value is -1.22. The number of hydrogen-bond acceptors (Lipinski definition) is 2. The van der Waals surface area contributed by atoms with E-state index < -0.39 is 0 Å². The van der Waals surface area contributed by atoms with Gasteiger partial charge in [0.15, 0.2) is 6.61 Å². The standard InChI is InChI=1S/C12H14ClNO2/c1-9-7-10(3-4-11(9)13)16-8-12(15)14-5-2-6-14/h3-4,7H,2,5-6,8H2,1H3. The Morgan fingerprint density at radius 1 is 1.50 bits per heavy atom. The molecule has 1 amide bonds. The lowest BCUT2D eigenvalue weighted by molar-refractivity contribution is -0.136. The maximum atomic E-state index is 11.5. The average molecular weight is 240 g/mol. The fourth-order valence-corrected chi connectivity index (χ4v) is 1.63. The fourth-order valence-electron chi connectivity index (χ4n) is 1.51. The summed E-state index contributed by atoms with van der Waals surface area (Å²) in [4.78, 5) is 13.3. The van der Waals surface area contributed by atoms with E-state index in [1.165, 1.54) is 0 Å². The number of aryl methyl sites for hydroxylation is 1. The molecule has 0 aliphatic carbocycles. The molecular weight excluding hydrogens is 226 g/mol. The molecule has 4 heteroatoms. The number of nitrogens with zero attached hydrogens (tertiary/aromatic N) is 1. The molecule has 0 atom stereocenters. The lowest BCUT2D eigenvalue weighted by Crippen LogP contribution is -2.44. The zero-order chi connectivity index (χ0) is 11.5. The van der Waals surface area contributed by atoms with E-state index in [0.717, 1.165) is 25.1 Å². The van der Waals surface area contributed by atoms with E-state index in [0.29, 0.717) is 10.8 Å². The summed E-state index contributed by atoms with van der Waals surface area (Å²) in [6.07, 6.45) is 1.10. The van der Waals surface area contributed by atoms with Gasteiger partial charge in [-0.1, -0.05) is 11.6 Å². The third-order valence-electron chi connectivity index (χ3n) is 2.70. The summed E-state index contributed by atoms with van der Waals surface area (Å²) < 4.78 is 5.41. The SMILES string of the molecule is Cc1cc(OCC(=O)N2CCC2)ccc1Cl. The maximum Gasteiger partial charge on any atom is 0.260 e. The number of halogens is 1. The average Bonchev–Trinajstić information content (AvgIpc) is 2.17. The van der Waals surface area contributed by atoms with Crippen LogP contribution in [0.2, 0.25) is 5.02 Å². The minimum Gasteiger partial charge on any atom is -0.484 e. The monoisotopic (exact) mass is 239 g/mol. The number of carbonyl (C=O) groups excluding carboxylic acids is 1. The predicted octanol–water partition coefficient (Wildman–Crippen LogP) is 2.26. The fraction of sp³-hybridized carbons (Fsp3) is 0.417. The van der Waals surface area contributed by atoms with Crippen molar-refractivity contribution in [3.63, 3.8) is 0 Å². The molecule has 2 rings (SSSR count). The Morgan fingerprint density at radius 2 is 2.25 bits per heavy atom. The van der Waals surface area contributed by atoms with Crippen LogP contribution in [-0.4, -0.2) is 30.5 Å². The van der Waals surface area contributed by atoms with Crippen molar-refractivity contribution in [2.45, 2.75) is 13.3 Å². The topological polar surface area (TPSA) is 29.5 Å². The second kappa shape index (κ2) is 4.74. The Morgan fingerprint density at radius 3 is 2.81 bits per heavy atom. The first-order valence-corrected chi connectivity index (χ1v) is 5.71. The molecule has 1 aliphatic heterocycles. The quantitative estimate of drug-likeness (QED) is 0.810. The Bertz CT molecular complexity index is 402. The molecule has 0 saturated carbocycles. The molecule has 1 aliphatic rings. The molecule has 86 valence electrons. The minimum absolute atomic E-state index is 0.0545. The lowest BCUT2D eigenvalue weighted by Gasteiger charge is -2.30. The van der Waals surface area contributed by atoms with E-state index in [1.807, 2.05) is 13.0 Å². The first-order valence-electron chi connectivity index (χ1n) is 5.33. The van der Waals surface area contributed by atoms with Gasteiger partial charge in [0.25, 0.3) is 5.91 Å². The van der Waals surface area contributed by atoms with Crippen LogP contribution in [0.15, 0.2) is 18.2 Å². The van der Waals surface area contributed by atoms with Gasteiger partial charge < -0.3 is 9.64 Å². The Labute approximate surface area is 100.0 Å². The van der Waals surface area contributed by atoms with Crippen LogP contribution in [0.3, 0.4) is 0 Å². The zero-order valence-electron chi connectivity index (χ0n) is 9.20. The van der Waals surface area contributed by atoms with Gasteiger partial charge in [-0.25, -0.2) is 0 Å². The van der Waals surface area contributed by atoms with Gasteiger partial charge in [-0.3, -0.25) is 4.79 Å². The summed E-state index contributed by atoms with van der Waals surface area (Å²) in [6.45, 7) is 3.75. The molecule has 1 heterocycles. The van der Waals surface area contributed by atoms with Gasteiger partial charge in [0.1, 0.15) is 5.75 Å². The third-order valence-corrected chi connectivity index (χ3v) is 3.12. The molecule has 1 aromatic carbocycles. The summed E-state index contributed by atoms with van der Waals surface area (Å²) in [5.74, 6) is 0.745. The molecule has 0 spiro atoms. The highest BCUT2D eigenvalue weighted by Crippen LogP contribution is 2.21. The molecule has 1 saturated heterocycles. The number of rotatable bonds is 3. The van der Waals surface area contributed by atoms with Crippen LogP contribution < -0.4 is 4.74 Å². The summed E-state index contributed by atoms with van der Waals surface area (Å²) in [7, 11) is 0. The van der Waals surface area contributed by atoms with Crippen molar-refractivity contribution >= 4 is 17.5 Å². The van der Waals surface area contributed by atoms with E-state index in [-0.39, 0.29) is 12.5 Å². The molecule has 0 bridgehead atoms. The van der Waals surface area contributed by atoms with Gasteiger partial charge in [-0.15, -0.1) is 0 Å². The van der Waals surface area contributed by atoms with Crippen molar-refractivity contribution in [1.29, 1.82) is 0 Å². The van der Waals surface area contributed by atoms with E-state index in [9.17, 15) is 4.79 Å². The van der Waals surface area contributed by atoms with Gasteiger partial charge in [0.05, 0.1) is 0 Å². The molecule has 1 fully saturated rings. The number of likely N-dealkylation sites (tertiary alicyclic amines) is 1. The molecule has 16 heavy (non-hydrogen) atoms. The van der Waals surface area contributed by atoms with E-state index in [4.69, 9.17) is 16.3 Å². The number of carbonyl (C=O) groups is 1. The lowest BCUT2D eigenvalue weighted by atomic mass is 10.2. The molecule has 0 radical (unpaired) electrons. The van der Waals surface area contributed by atoms with Crippen molar-refractivity contribution in [1.82, 2.24) is 4.90 Å². The highest BCUT2D eigenvalue weighted by Gasteiger charge is 2.20. The van der Waals surface area contributed by atoms with E-state index >= 15 is 0 Å². The van der Waals surface area contributed by atoms with Crippen molar-refractivity contribution < 1.29 is 9.53 Å². The van der Waals surface area contributed by atoms with Crippen molar-refractivity contribution in [3.8, 4) is 5.75 Å². The third kappa shape index (κ3) is 2.47. The molecule has 1 aromatic rings. The van der Waals surface area contributed by atoms with Crippen LogP contribution >= 0.6 is 11.6 Å². The second-order valence-corrected chi connectivity index (χ2v) is 4.34. The molecular formula is C12H14ClNO2. The normalized spacial score (nSPS) is 14.5. The van der Waals surface area contributed by atoms with Crippen LogP contribution in [-0.2, 0) is 4.79 Å². The predicted molar refractivity (Wildman–Crippen MR) is 62.9 cm³/mol. The van der Waals surface area contributed by atoms with E-state index in [2.05, 4.69) is 0 Å². The van der Waals surface area contributed by atoms with E-state index in [1.54, 1.807) is 17.0 Å². The van der Waals surface area contributed by atoms with Crippen molar-refractivity contribution in [2.24, 2.45) is 0 Å². The maximum absolute atomic E-state index is 11.5. The molecule has 0 N–H and O–H groups in total. The first-order chi connectivity index (χ1) is 7.66. The second-order valence-electron chi connectivity index (χ2n) is 3.93. The smallest absolute Gasteiger partial charge is 0.260 e. The van der Waals surface area contributed by atoms with Crippen molar-refractivity contribution in [3.05, 3.63) is 28.8 Å². The van der Waals surface area contributed by atoms with Gasteiger partial charge in [0, 0.05) is 18.1 Å². The summed E-state index contributed by atoms with van der Waals surface area (Å²) >= 11 is 5.89. The summed E-state index contributed by atoms with van der Waals surface area (Å²) in [6, 6.07) is 5.39. The van der Waals surface area contributed by atoms with Gasteiger partial charge in [-0.05, 0) is 37.1 Å². The minimum atomic E-state index is 0.0545.